The number of hydrogen-bond acceptors (Lipinski definition) is 2. The van der Waals surface area contributed by atoms with Gasteiger partial charge in [-0.25, -0.2) is 4.39 Å². The highest BCUT2D eigenvalue weighted by Crippen LogP contribution is 2.67. The van der Waals surface area contributed by atoms with E-state index in [4.69, 9.17) is 0 Å². The predicted molar refractivity (Wildman–Crippen MR) is 95.6 cm³/mol. The van der Waals surface area contributed by atoms with Gasteiger partial charge in [-0.3, -0.25) is 9.59 Å². The molecule has 0 saturated heterocycles. The lowest BCUT2D eigenvalue weighted by atomic mass is 9.42. The molecule has 8 atom stereocenters. The number of halogens is 1. The maximum absolute atomic E-state index is 14.4. The molecule has 136 valence electrons. The molecule has 4 aliphatic rings. The van der Waals surface area contributed by atoms with Gasteiger partial charge in [0.05, 0.1) is 0 Å². The summed E-state index contributed by atoms with van der Waals surface area (Å²) in [5.41, 5.74) is 1.58. The molecule has 0 aliphatic heterocycles. The van der Waals surface area contributed by atoms with Crippen LogP contribution in [0.2, 0.25) is 0 Å². The number of Topliss-reactive ketones (excluding diaryl/α,β-unsaturated/α-hetero) is 1. The average Bonchev–Trinajstić information content (AvgIpc) is 2.78. The Morgan fingerprint density at radius 3 is 2.56 bits per heavy atom. The van der Waals surface area contributed by atoms with Crippen molar-refractivity contribution < 1.29 is 14.0 Å². The second-order valence-corrected chi connectivity index (χ2v) is 9.54. The minimum absolute atomic E-state index is 0.0824. The lowest BCUT2D eigenvalue weighted by Crippen LogP contribution is -2.56. The van der Waals surface area contributed by atoms with Gasteiger partial charge in [0.25, 0.3) is 0 Å². The smallest absolute Gasteiger partial charge is 0.173 e. The number of fused-ring (bicyclic) bond motifs is 5. The third kappa shape index (κ3) is 1.96. The molecule has 3 unspecified atom stereocenters. The van der Waals surface area contributed by atoms with Crippen molar-refractivity contribution in [2.45, 2.75) is 59.5 Å². The summed E-state index contributed by atoms with van der Waals surface area (Å²) in [5.74, 6) is 1.28. The largest absolute Gasteiger partial charge is 0.296 e. The second kappa shape index (κ2) is 5.14. The van der Waals surface area contributed by atoms with Crippen LogP contribution < -0.4 is 0 Å². The number of allylic oxidation sites excluding steroid dienone is 2. The van der Waals surface area contributed by atoms with E-state index in [9.17, 15) is 14.0 Å². The minimum Gasteiger partial charge on any atom is -0.296 e. The molecule has 3 saturated carbocycles. The van der Waals surface area contributed by atoms with E-state index in [0.717, 1.165) is 24.0 Å². The van der Waals surface area contributed by atoms with E-state index in [2.05, 4.69) is 27.4 Å². The van der Waals surface area contributed by atoms with Crippen molar-refractivity contribution in [2.75, 3.05) is 0 Å². The van der Waals surface area contributed by atoms with E-state index >= 15 is 0 Å². The summed E-state index contributed by atoms with van der Waals surface area (Å²) in [7, 11) is 0. The molecule has 0 aromatic carbocycles. The molecule has 0 spiro atoms. The molecule has 4 rings (SSSR count). The summed E-state index contributed by atoms with van der Waals surface area (Å²) in [6.07, 6.45) is 3.21. The molecule has 2 nitrogen and oxygen atoms in total. The van der Waals surface area contributed by atoms with Gasteiger partial charge in [-0.05, 0) is 71.5 Å². The third-order valence-corrected chi connectivity index (χ3v) is 8.69. The van der Waals surface area contributed by atoms with Crippen LogP contribution in [0.25, 0.3) is 0 Å². The van der Waals surface area contributed by atoms with Gasteiger partial charge >= 0.3 is 0 Å². The zero-order chi connectivity index (χ0) is 18.3. The summed E-state index contributed by atoms with van der Waals surface area (Å²) in [6.45, 7) is 13.0. The Morgan fingerprint density at radius 1 is 1.20 bits per heavy atom. The van der Waals surface area contributed by atoms with Crippen molar-refractivity contribution in [3.63, 3.8) is 0 Å². The monoisotopic (exact) mass is 344 g/mol. The average molecular weight is 344 g/mol. The van der Waals surface area contributed by atoms with Gasteiger partial charge in [-0.15, -0.1) is 0 Å². The summed E-state index contributed by atoms with van der Waals surface area (Å²) < 4.78 is 14.4. The number of carbonyl (C=O) groups excluding carboxylic acids is 2. The van der Waals surface area contributed by atoms with Crippen molar-refractivity contribution in [2.24, 2.45) is 40.4 Å². The van der Waals surface area contributed by atoms with Crippen LogP contribution in [-0.4, -0.2) is 17.7 Å². The molecule has 0 heterocycles. The lowest BCUT2D eigenvalue weighted by Gasteiger charge is -2.61. The highest BCUT2D eigenvalue weighted by molar-refractivity contribution is 5.93. The zero-order valence-electron chi connectivity index (χ0n) is 15.8. The van der Waals surface area contributed by atoms with Crippen LogP contribution in [0.5, 0.6) is 0 Å². The van der Waals surface area contributed by atoms with Crippen LogP contribution in [0.3, 0.4) is 0 Å². The Labute approximate surface area is 149 Å². The van der Waals surface area contributed by atoms with Crippen molar-refractivity contribution >= 4 is 11.6 Å². The van der Waals surface area contributed by atoms with E-state index in [1.165, 1.54) is 0 Å². The van der Waals surface area contributed by atoms with Gasteiger partial charge < -0.3 is 0 Å². The van der Waals surface area contributed by atoms with Crippen molar-refractivity contribution in [3.8, 4) is 0 Å². The molecule has 0 N–H and O–H groups in total. The first-order chi connectivity index (χ1) is 11.6. The first-order valence-electron chi connectivity index (χ1n) is 9.75. The molecule has 0 bridgehead atoms. The number of hydrogen-bond donors (Lipinski definition) is 0. The molecule has 0 aromatic rings. The Kier molecular flexibility index (Phi) is 3.53. The highest BCUT2D eigenvalue weighted by Gasteiger charge is 2.64. The van der Waals surface area contributed by atoms with E-state index in [0.29, 0.717) is 18.8 Å². The Hall–Kier alpha value is -1.25. The van der Waals surface area contributed by atoms with Crippen molar-refractivity contribution in [1.82, 2.24) is 0 Å². The number of carbonyl (C=O) groups is 2. The number of ketones is 2. The highest BCUT2D eigenvalue weighted by atomic mass is 19.1. The van der Waals surface area contributed by atoms with Crippen LogP contribution in [0, 0.1) is 40.4 Å². The second-order valence-electron chi connectivity index (χ2n) is 9.54. The molecular weight excluding hydrogens is 315 g/mol. The normalized spacial score (nSPS) is 52.4. The summed E-state index contributed by atoms with van der Waals surface area (Å²) in [4.78, 5) is 24.7. The molecular formula is C22H29FO2. The van der Waals surface area contributed by atoms with E-state index < -0.39 is 11.6 Å². The van der Waals surface area contributed by atoms with Crippen molar-refractivity contribution in [1.29, 1.82) is 0 Å². The van der Waals surface area contributed by atoms with Gasteiger partial charge in [0.1, 0.15) is 0 Å². The van der Waals surface area contributed by atoms with Crippen LogP contribution in [-0.2, 0) is 9.59 Å². The maximum Gasteiger partial charge on any atom is 0.173 e. The van der Waals surface area contributed by atoms with E-state index in [-0.39, 0.29) is 40.7 Å². The zero-order valence-corrected chi connectivity index (χ0v) is 15.8. The predicted octanol–water partition coefficient (Wildman–Crippen LogP) is 4.69. The molecule has 4 aliphatic carbocycles. The summed E-state index contributed by atoms with van der Waals surface area (Å²) in [5, 5.41) is 0. The fourth-order valence-electron chi connectivity index (χ4n) is 6.98. The first kappa shape index (κ1) is 17.2. The molecule has 25 heavy (non-hydrogen) atoms. The van der Waals surface area contributed by atoms with E-state index in [1.807, 2.05) is 13.0 Å². The Balaban J connectivity index is 1.84. The van der Waals surface area contributed by atoms with Gasteiger partial charge in [-0.1, -0.05) is 34.3 Å². The number of rotatable bonds is 0. The van der Waals surface area contributed by atoms with Crippen LogP contribution in [0.15, 0.2) is 23.8 Å². The maximum atomic E-state index is 14.4. The van der Waals surface area contributed by atoms with Gasteiger partial charge in [0.15, 0.2) is 17.7 Å². The minimum atomic E-state index is -1.30. The van der Waals surface area contributed by atoms with Crippen LogP contribution in [0.1, 0.15) is 53.4 Å². The molecule has 0 radical (unpaired) electrons. The van der Waals surface area contributed by atoms with Gasteiger partial charge in [-0.2, -0.15) is 0 Å². The Morgan fingerprint density at radius 2 is 1.88 bits per heavy atom. The summed E-state index contributed by atoms with van der Waals surface area (Å²) >= 11 is 0. The number of alkyl halides is 1. The van der Waals surface area contributed by atoms with Gasteiger partial charge in [0, 0.05) is 11.8 Å². The van der Waals surface area contributed by atoms with Crippen LogP contribution >= 0.6 is 0 Å². The fraction of sp³-hybridized carbons (Fsp3) is 0.727. The van der Waals surface area contributed by atoms with Crippen molar-refractivity contribution in [3.05, 3.63) is 23.8 Å². The topological polar surface area (TPSA) is 34.1 Å². The lowest BCUT2D eigenvalue weighted by molar-refractivity contribution is -0.136. The SMILES string of the molecule is C=C1C2=CC(=O)CC(C)[C@]2(C)[C@@H]2CC[C@]3(C)C(=O)C(F)C[C@H]3[C@@H]2C1C. The molecule has 0 aromatic heterocycles. The standard InChI is InChI=1S/C22H29FO2/c1-11-8-14(24)9-16-12(2)13(3)19-15(22(11,16)5)6-7-21(4)17(19)10-18(23)20(21)25/h9,11,13,15,17-19H,2,6-8,10H2,1,3-5H3/t11?,13?,15-,17+,18?,19-,21+,22-/m1/s1. The fourth-order valence-corrected chi connectivity index (χ4v) is 6.98. The Bertz CT molecular complexity index is 707. The quantitative estimate of drug-likeness (QED) is 0.639. The molecule has 3 fully saturated rings. The van der Waals surface area contributed by atoms with Gasteiger partial charge in [0.2, 0.25) is 0 Å². The third-order valence-electron chi connectivity index (χ3n) is 8.69. The first-order valence-corrected chi connectivity index (χ1v) is 9.75. The summed E-state index contributed by atoms with van der Waals surface area (Å²) in [6, 6.07) is 0. The van der Waals surface area contributed by atoms with E-state index in [1.54, 1.807) is 0 Å². The molecule has 0 amide bonds. The molecule has 3 heteroatoms. The van der Waals surface area contributed by atoms with Crippen LogP contribution in [0.4, 0.5) is 4.39 Å².